The maximum atomic E-state index is 8.46. The molecular weight excluding hydrogens is 358 g/mol. The van der Waals surface area contributed by atoms with E-state index in [0.29, 0.717) is 0 Å². The van der Waals surface area contributed by atoms with Gasteiger partial charge in [-0.05, 0) is 12.3 Å². The van der Waals surface area contributed by atoms with Crippen LogP contribution in [0.25, 0.3) is 0 Å². The van der Waals surface area contributed by atoms with E-state index in [1.807, 2.05) is 0 Å². The number of carbonyl (C=O) groups excluding carboxylic acids is 2. The number of hydrogen-bond donors (Lipinski definition) is 0. The average Bonchev–Trinajstić information content (AvgIpc) is 1.85. The molecule has 0 aliphatic carbocycles. The summed E-state index contributed by atoms with van der Waals surface area (Å²) in [6, 6.07) is 0. The molecule has 0 aromatic heterocycles. The SMILES string of the molecule is O=C([O-])[O-].O=C([O-])[O-].[Ca+2].[Ca+2].[Ca+2].[O]=[Al][O-].[O]=[Al][O-]. The molecule has 0 heterocycles. The standard InChI is InChI=1S/2CH2O3.2Al.3Ca.4O/c2*2-1(3)4;;;;;;;;;/h2*(H2,2,3,4);;;;;;;;;/q;;;;3*+2;;;2*-1/p-4. The number of rotatable bonds is 0. The summed E-state index contributed by atoms with van der Waals surface area (Å²) < 4.78 is 33.8. The summed E-state index contributed by atoms with van der Waals surface area (Å²) in [6.45, 7) is 0. The molecule has 0 atom stereocenters. The average molecular weight is 358 g/mol. The van der Waals surface area contributed by atoms with Gasteiger partial charge in [0, 0.05) is 0 Å². The zero-order chi connectivity index (χ0) is 12.6. The molecule has 0 aliphatic heterocycles. The molecule has 0 fully saturated rings. The first-order valence-electron chi connectivity index (χ1n) is 2.17. The third-order valence-corrected chi connectivity index (χ3v) is 0. The van der Waals surface area contributed by atoms with Gasteiger partial charge in [-0.15, -0.1) is 0 Å². The molecule has 0 aromatic carbocycles. The molecule has 0 aliphatic rings. The van der Waals surface area contributed by atoms with Crippen molar-refractivity contribution in [3.63, 3.8) is 0 Å². The summed E-state index contributed by atoms with van der Waals surface area (Å²) in [4.78, 5) is 16.7. The molecule has 10 nitrogen and oxygen atoms in total. The van der Waals surface area contributed by atoms with Crippen molar-refractivity contribution in [3.05, 3.63) is 0 Å². The van der Waals surface area contributed by atoms with Gasteiger partial charge in [-0.25, -0.2) is 0 Å². The molecule has 0 N–H and O–H groups in total. The second kappa shape index (κ2) is 51.3. The summed E-state index contributed by atoms with van der Waals surface area (Å²) in [7, 11) is 0. The van der Waals surface area contributed by atoms with Gasteiger partial charge in [0.15, 0.2) is 0 Å². The van der Waals surface area contributed by atoms with E-state index in [1.54, 1.807) is 0 Å². The summed E-state index contributed by atoms with van der Waals surface area (Å²) in [5, 5.41) is 33.3. The van der Waals surface area contributed by atoms with E-state index in [0.717, 1.165) is 0 Å². The Bertz CT molecular complexity index is 140. The van der Waals surface area contributed by atoms with Crippen LogP contribution < -0.4 is 28.7 Å². The van der Waals surface area contributed by atoms with Crippen LogP contribution in [0.5, 0.6) is 0 Å². The summed E-state index contributed by atoms with van der Waals surface area (Å²) in [5.74, 6) is 0. The van der Waals surface area contributed by atoms with Crippen LogP contribution in [0.15, 0.2) is 0 Å². The molecule has 0 spiro atoms. The van der Waals surface area contributed by atoms with Crippen LogP contribution in [-0.4, -0.2) is 157 Å². The Labute approximate surface area is 198 Å². The van der Waals surface area contributed by atoms with E-state index in [-0.39, 0.29) is 113 Å². The van der Waals surface area contributed by atoms with Crippen molar-refractivity contribution < 1.29 is 45.9 Å². The minimum atomic E-state index is -2.33. The van der Waals surface area contributed by atoms with E-state index < -0.39 is 43.3 Å². The fourth-order valence-corrected chi connectivity index (χ4v) is 0. The van der Waals surface area contributed by atoms with Crippen LogP contribution >= 0.6 is 0 Å². The van der Waals surface area contributed by atoms with Crippen molar-refractivity contribution >= 4 is 157 Å². The monoisotopic (exact) mass is 358 g/mol. The third kappa shape index (κ3) is 765. The Morgan fingerprint density at radius 2 is 0.647 bits per heavy atom. The summed E-state index contributed by atoms with van der Waals surface area (Å²) in [6.07, 6.45) is -4.67. The van der Waals surface area contributed by atoms with E-state index >= 15 is 0 Å². The van der Waals surface area contributed by atoms with Crippen LogP contribution in [0.4, 0.5) is 9.59 Å². The molecule has 0 unspecified atom stereocenters. The molecule has 0 radical (unpaired) electrons. The first-order valence-corrected chi connectivity index (χ1v) is 4.05. The van der Waals surface area contributed by atoms with Gasteiger partial charge < -0.3 is 30.0 Å². The predicted octanol–water partition coefficient (Wildman–Crippen LogP) is -9.41. The molecule has 0 amide bonds. The van der Waals surface area contributed by atoms with Crippen molar-refractivity contribution in [3.8, 4) is 0 Å². The van der Waals surface area contributed by atoms with E-state index in [1.165, 1.54) is 0 Å². The van der Waals surface area contributed by atoms with Crippen LogP contribution in [0.3, 0.4) is 0 Å². The number of carboxylic acid groups (broad SMARTS) is 4. The number of carbonyl (C=O) groups is 2. The Morgan fingerprint density at radius 3 is 0.647 bits per heavy atom. The zero-order valence-corrected chi connectivity index (χ0v) is 17.3. The normalized spacial score (nSPS) is 3.76. The van der Waals surface area contributed by atoms with Gasteiger partial charge in [0.25, 0.3) is 0 Å². The first kappa shape index (κ1) is 42.7. The van der Waals surface area contributed by atoms with Gasteiger partial charge in [0.1, 0.15) is 0 Å². The minimum absolute atomic E-state index is 0. The molecular formula is C2Al2Ca3O10. The molecule has 80 valence electrons. The van der Waals surface area contributed by atoms with Crippen LogP contribution in [0.1, 0.15) is 0 Å². The van der Waals surface area contributed by atoms with Gasteiger partial charge in [-0.3, -0.25) is 0 Å². The van der Waals surface area contributed by atoms with Gasteiger partial charge in [-0.1, -0.05) is 0 Å². The second-order valence-corrected chi connectivity index (χ2v) is 1.08. The van der Waals surface area contributed by atoms with Gasteiger partial charge in [0.2, 0.25) is 0 Å². The molecule has 15 heteroatoms. The van der Waals surface area contributed by atoms with Crippen molar-refractivity contribution in [2.24, 2.45) is 0 Å². The van der Waals surface area contributed by atoms with E-state index in [4.69, 9.17) is 45.9 Å². The van der Waals surface area contributed by atoms with Crippen molar-refractivity contribution in [1.29, 1.82) is 0 Å². The second-order valence-electron chi connectivity index (χ2n) is 0.692. The Kier molecular flexibility index (Phi) is 129. The predicted molar refractivity (Wildman–Crippen MR) is 40.9 cm³/mol. The molecule has 0 saturated carbocycles. The molecule has 0 bridgehead atoms. The Balaban J connectivity index is -0.0000000149. The topological polar surface area (TPSA) is 207 Å². The van der Waals surface area contributed by atoms with E-state index in [2.05, 4.69) is 0 Å². The fourth-order valence-electron chi connectivity index (χ4n) is 0. The summed E-state index contributed by atoms with van der Waals surface area (Å²) >= 11 is -3.50. The quantitative estimate of drug-likeness (QED) is 0.373. The van der Waals surface area contributed by atoms with Crippen LogP contribution in [-0.2, 0) is 7.61 Å². The third-order valence-electron chi connectivity index (χ3n) is 0. The van der Waals surface area contributed by atoms with Crippen LogP contribution in [0, 0.1) is 0 Å². The van der Waals surface area contributed by atoms with Crippen molar-refractivity contribution in [2.45, 2.75) is 0 Å². The van der Waals surface area contributed by atoms with Gasteiger partial charge in [0.05, 0.1) is 0 Å². The molecule has 0 saturated heterocycles. The van der Waals surface area contributed by atoms with E-state index in [9.17, 15) is 0 Å². The zero-order valence-electron chi connectivity index (χ0n) is 8.36. The summed E-state index contributed by atoms with van der Waals surface area (Å²) in [5.41, 5.74) is 0. The number of hydrogen-bond acceptors (Lipinski definition) is 10. The fraction of sp³-hybridized carbons (Fsp3) is 0. The Hall–Kier alpha value is 2.58. The van der Waals surface area contributed by atoms with Gasteiger partial charge in [-0.2, -0.15) is 0 Å². The van der Waals surface area contributed by atoms with Crippen LogP contribution in [0.2, 0.25) is 0 Å². The first-order chi connectivity index (χ1) is 6.29. The molecule has 17 heavy (non-hydrogen) atoms. The van der Waals surface area contributed by atoms with Crippen molar-refractivity contribution in [1.82, 2.24) is 0 Å². The van der Waals surface area contributed by atoms with Gasteiger partial charge >= 0.3 is 160 Å². The molecule has 0 aromatic rings. The maximum absolute atomic E-state index is 8.46. The van der Waals surface area contributed by atoms with Crippen molar-refractivity contribution in [2.75, 3.05) is 0 Å². The Morgan fingerprint density at radius 1 is 0.647 bits per heavy atom. The molecule has 0 rings (SSSR count).